The molecule has 1 N–H and O–H groups in total. The minimum absolute atomic E-state index is 0.0608. The molecule has 0 heterocycles. The quantitative estimate of drug-likeness (QED) is 0.706. The average molecular weight is 256 g/mol. The molecule has 1 aliphatic rings. The number of carbonyl (C=O) groups is 2. The van der Waals surface area contributed by atoms with Crippen molar-refractivity contribution in [1.29, 1.82) is 0 Å². The van der Waals surface area contributed by atoms with E-state index < -0.39 is 12.1 Å². The van der Waals surface area contributed by atoms with E-state index in [0.29, 0.717) is 12.5 Å². The van der Waals surface area contributed by atoms with Gasteiger partial charge in [0.15, 0.2) is 0 Å². The van der Waals surface area contributed by atoms with Crippen LogP contribution in [0.5, 0.6) is 0 Å². The number of unbranched alkanes of at least 4 members (excludes halogenated alkanes) is 1. The zero-order valence-electron chi connectivity index (χ0n) is 11.6. The maximum absolute atomic E-state index is 11.9. The molecule has 0 aromatic rings. The van der Waals surface area contributed by atoms with Crippen LogP contribution in [0.3, 0.4) is 0 Å². The summed E-state index contributed by atoms with van der Waals surface area (Å²) in [5.74, 6) is 0.518. The van der Waals surface area contributed by atoms with Gasteiger partial charge in [-0.15, -0.1) is 0 Å². The van der Waals surface area contributed by atoms with E-state index in [4.69, 9.17) is 4.74 Å². The smallest absolute Gasteiger partial charge is 0.407 e. The largest absolute Gasteiger partial charge is 0.450 e. The Labute approximate surface area is 109 Å². The Morgan fingerprint density at radius 3 is 2.56 bits per heavy atom. The topological polar surface area (TPSA) is 58.6 Å². The first-order valence-corrected chi connectivity index (χ1v) is 6.69. The van der Waals surface area contributed by atoms with Crippen LogP contribution in [0.1, 0.15) is 39.0 Å². The van der Waals surface area contributed by atoms with Crippen LogP contribution in [0.15, 0.2) is 0 Å². The number of hydrogen-bond acceptors (Lipinski definition) is 3. The summed E-state index contributed by atoms with van der Waals surface area (Å²) < 4.78 is 5.02. The van der Waals surface area contributed by atoms with Crippen molar-refractivity contribution in [3.05, 3.63) is 0 Å². The third-order valence-electron chi connectivity index (χ3n) is 3.03. The Morgan fingerprint density at radius 1 is 1.39 bits per heavy atom. The molecule has 0 radical (unpaired) electrons. The summed E-state index contributed by atoms with van der Waals surface area (Å²) in [7, 11) is 3.40. The van der Waals surface area contributed by atoms with Gasteiger partial charge in [-0.05, 0) is 18.8 Å². The number of hydrogen-bond donors (Lipinski definition) is 1. The molecule has 1 unspecified atom stereocenters. The molecule has 1 atom stereocenters. The van der Waals surface area contributed by atoms with Gasteiger partial charge in [0.1, 0.15) is 6.04 Å². The normalized spacial score (nSPS) is 15.9. The molecule has 0 aliphatic heterocycles. The lowest BCUT2D eigenvalue weighted by molar-refractivity contribution is -0.131. The van der Waals surface area contributed by atoms with Crippen molar-refractivity contribution < 1.29 is 14.3 Å². The third kappa shape index (κ3) is 5.38. The van der Waals surface area contributed by atoms with Gasteiger partial charge >= 0.3 is 6.09 Å². The van der Waals surface area contributed by atoms with Gasteiger partial charge in [-0.1, -0.05) is 26.2 Å². The van der Waals surface area contributed by atoms with E-state index >= 15 is 0 Å². The summed E-state index contributed by atoms with van der Waals surface area (Å²) in [5, 5.41) is 2.68. The van der Waals surface area contributed by atoms with E-state index in [1.165, 1.54) is 4.90 Å². The Hall–Kier alpha value is -1.26. The molecule has 0 spiro atoms. The Kier molecular flexibility index (Phi) is 5.95. The highest BCUT2D eigenvalue weighted by Gasteiger charge is 2.31. The fourth-order valence-corrected chi connectivity index (χ4v) is 1.71. The minimum atomic E-state index is -0.482. The first-order chi connectivity index (χ1) is 8.54. The van der Waals surface area contributed by atoms with Gasteiger partial charge in [-0.25, -0.2) is 4.79 Å². The molecule has 1 fully saturated rings. The summed E-state index contributed by atoms with van der Waals surface area (Å²) in [6.45, 7) is 2.45. The molecule has 0 aromatic heterocycles. The van der Waals surface area contributed by atoms with Crippen molar-refractivity contribution >= 4 is 12.0 Å². The fraction of sp³-hybridized carbons (Fsp3) is 0.846. The Bertz CT molecular complexity index is 288. The monoisotopic (exact) mass is 256 g/mol. The zero-order chi connectivity index (χ0) is 13.5. The molecule has 0 bridgehead atoms. The molecule has 104 valence electrons. The molecule has 5 heteroatoms. The molecular formula is C13H24N2O3. The molecule has 0 aromatic carbocycles. The van der Waals surface area contributed by atoms with Crippen LogP contribution in [-0.2, 0) is 9.53 Å². The van der Waals surface area contributed by atoms with Crippen molar-refractivity contribution in [1.82, 2.24) is 10.2 Å². The minimum Gasteiger partial charge on any atom is -0.450 e. The summed E-state index contributed by atoms with van der Waals surface area (Å²) in [6.07, 6.45) is 4.38. The number of nitrogens with zero attached hydrogens (tertiary/aromatic N) is 1. The highest BCUT2D eigenvalue weighted by Crippen LogP contribution is 2.33. The molecule has 18 heavy (non-hydrogen) atoms. The summed E-state index contributed by atoms with van der Waals surface area (Å²) >= 11 is 0. The standard InChI is InChI=1S/C13H24N2O3/c1-4-5-8-18-13(17)14-11(9-10-6-7-10)12(16)15(2)3/h10-11H,4-9H2,1-3H3,(H,14,17). The number of alkyl carbamates (subject to hydrolysis) is 1. The van der Waals surface area contributed by atoms with Crippen molar-refractivity contribution in [2.75, 3.05) is 20.7 Å². The molecule has 0 saturated heterocycles. The zero-order valence-corrected chi connectivity index (χ0v) is 11.6. The second kappa shape index (κ2) is 7.24. The lowest BCUT2D eigenvalue weighted by Gasteiger charge is -2.21. The molecular weight excluding hydrogens is 232 g/mol. The van der Waals surface area contributed by atoms with Crippen LogP contribution in [0.4, 0.5) is 4.79 Å². The van der Waals surface area contributed by atoms with Crippen molar-refractivity contribution in [2.24, 2.45) is 5.92 Å². The van der Waals surface area contributed by atoms with E-state index in [1.54, 1.807) is 14.1 Å². The predicted molar refractivity (Wildman–Crippen MR) is 69.2 cm³/mol. The number of nitrogens with one attached hydrogen (secondary N) is 1. The van der Waals surface area contributed by atoms with Crippen LogP contribution in [-0.4, -0.2) is 43.6 Å². The van der Waals surface area contributed by atoms with E-state index in [-0.39, 0.29) is 5.91 Å². The first kappa shape index (κ1) is 14.8. The average Bonchev–Trinajstić information content (AvgIpc) is 3.11. The van der Waals surface area contributed by atoms with Crippen LogP contribution >= 0.6 is 0 Å². The Balaban J connectivity index is 2.39. The van der Waals surface area contributed by atoms with Gasteiger partial charge < -0.3 is 15.0 Å². The molecule has 5 nitrogen and oxygen atoms in total. The van der Waals surface area contributed by atoms with Gasteiger partial charge in [0, 0.05) is 14.1 Å². The van der Waals surface area contributed by atoms with Crippen LogP contribution in [0.25, 0.3) is 0 Å². The highest BCUT2D eigenvalue weighted by molar-refractivity contribution is 5.85. The van der Waals surface area contributed by atoms with Crippen molar-refractivity contribution in [3.63, 3.8) is 0 Å². The number of likely N-dealkylation sites (N-methyl/N-ethyl adjacent to an activating group) is 1. The van der Waals surface area contributed by atoms with Crippen LogP contribution < -0.4 is 5.32 Å². The molecule has 1 saturated carbocycles. The van der Waals surface area contributed by atoms with Crippen LogP contribution in [0.2, 0.25) is 0 Å². The molecule has 1 aliphatic carbocycles. The fourth-order valence-electron chi connectivity index (χ4n) is 1.71. The van der Waals surface area contributed by atoms with E-state index in [1.807, 2.05) is 6.92 Å². The van der Waals surface area contributed by atoms with Crippen molar-refractivity contribution in [3.8, 4) is 0 Å². The van der Waals surface area contributed by atoms with Crippen LogP contribution in [0, 0.1) is 5.92 Å². The van der Waals surface area contributed by atoms with Gasteiger partial charge in [-0.2, -0.15) is 0 Å². The number of amides is 2. The SMILES string of the molecule is CCCCOC(=O)NC(CC1CC1)C(=O)N(C)C. The maximum atomic E-state index is 11.9. The van der Waals surface area contributed by atoms with E-state index in [9.17, 15) is 9.59 Å². The third-order valence-corrected chi connectivity index (χ3v) is 3.03. The second-order valence-electron chi connectivity index (χ2n) is 5.10. The summed E-state index contributed by atoms with van der Waals surface area (Å²) in [6, 6.07) is -0.443. The van der Waals surface area contributed by atoms with Gasteiger partial charge in [0.2, 0.25) is 5.91 Å². The molecule has 1 rings (SSSR count). The second-order valence-corrected chi connectivity index (χ2v) is 5.10. The number of carbonyl (C=O) groups excluding carboxylic acids is 2. The molecule has 2 amide bonds. The van der Waals surface area contributed by atoms with Gasteiger partial charge in [0.05, 0.1) is 6.61 Å². The lowest BCUT2D eigenvalue weighted by atomic mass is 10.1. The Morgan fingerprint density at radius 2 is 2.06 bits per heavy atom. The van der Waals surface area contributed by atoms with E-state index in [0.717, 1.165) is 32.1 Å². The van der Waals surface area contributed by atoms with Gasteiger partial charge in [0.25, 0.3) is 0 Å². The number of rotatable bonds is 7. The first-order valence-electron chi connectivity index (χ1n) is 6.69. The van der Waals surface area contributed by atoms with Gasteiger partial charge in [-0.3, -0.25) is 4.79 Å². The van der Waals surface area contributed by atoms with E-state index in [2.05, 4.69) is 5.32 Å². The maximum Gasteiger partial charge on any atom is 0.407 e. The highest BCUT2D eigenvalue weighted by atomic mass is 16.5. The lowest BCUT2D eigenvalue weighted by Crippen LogP contribution is -2.46. The number of ether oxygens (including phenoxy) is 1. The van der Waals surface area contributed by atoms with Crippen molar-refractivity contribution in [2.45, 2.75) is 45.1 Å². The predicted octanol–water partition coefficient (Wildman–Crippen LogP) is 1.77. The summed E-state index contributed by atoms with van der Waals surface area (Å²) in [5.41, 5.74) is 0. The summed E-state index contributed by atoms with van der Waals surface area (Å²) in [4.78, 5) is 25.0.